The fraction of sp³-hybridized carbons (Fsp3) is 0.118. The number of nitrogens with zero attached hydrogens (tertiary/aromatic N) is 2. The third-order valence-electron chi connectivity index (χ3n) is 3.98. The van der Waals surface area contributed by atoms with Gasteiger partial charge in [-0.25, -0.2) is 13.6 Å². The molecule has 4 N–H and O–H groups in total. The van der Waals surface area contributed by atoms with Gasteiger partial charge in [0.2, 0.25) is 10.0 Å². The zero-order valence-electron chi connectivity index (χ0n) is 14.6. The van der Waals surface area contributed by atoms with E-state index in [9.17, 15) is 13.2 Å². The number of thiocarbonyl (C=S) groups is 1. The van der Waals surface area contributed by atoms with Gasteiger partial charge >= 0.3 is 0 Å². The summed E-state index contributed by atoms with van der Waals surface area (Å²) in [6, 6.07) is 11.5. The van der Waals surface area contributed by atoms with Gasteiger partial charge in [-0.15, -0.1) is 0 Å². The second kappa shape index (κ2) is 8.11. The monoisotopic (exact) mass is 529 g/mol. The number of nitrogens with two attached hydrogens (primary N) is 1. The molecule has 1 heterocycles. The first kappa shape index (κ1) is 20.6. The molecule has 0 atom stereocenters. The van der Waals surface area contributed by atoms with Crippen LogP contribution in [0.15, 0.2) is 52.5 Å². The van der Waals surface area contributed by atoms with E-state index in [0.29, 0.717) is 12.2 Å². The van der Waals surface area contributed by atoms with Crippen LogP contribution in [0.25, 0.3) is 0 Å². The number of nitrogens with one attached hydrogen (secondary N) is 2. The van der Waals surface area contributed by atoms with Crippen LogP contribution in [-0.2, 0) is 14.8 Å². The highest BCUT2D eigenvalue weighted by Gasteiger charge is 2.33. The molecule has 2 aromatic rings. The Bertz CT molecular complexity index is 1080. The lowest BCUT2D eigenvalue weighted by atomic mass is 10.1. The van der Waals surface area contributed by atoms with Gasteiger partial charge in [0.25, 0.3) is 5.91 Å². The van der Waals surface area contributed by atoms with E-state index in [-0.39, 0.29) is 21.6 Å². The van der Waals surface area contributed by atoms with E-state index in [1.165, 1.54) is 24.3 Å². The summed E-state index contributed by atoms with van der Waals surface area (Å²) in [5.41, 5.74) is 5.05. The average molecular weight is 529 g/mol. The van der Waals surface area contributed by atoms with Crippen molar-refractivity contribution < 1.29 is 13.2 Å². The molecule has 11 heteroatoms. The van der Waals surface area contributed by atoms with E-state index < -0.39 is 10.0 Å². The zero-order chi connectivity index (χ0) is 20.5. The summed E-state index contributed by atoms with van der Waals surface area (Å²) in [6.45, 7) is 2.43. The number of benzene rings is 2. The molecule has 1 amide bonds. The Morgan fingerprint density at radius 1 is 1.25 bits per heavy atom. The van der Waals surface area contributed by atoms with Gasteiger partial charge in [0.1, 0.15) is 0 Å². The maximum absolute atomic E-state index is 12.6. The molecule has 3 rings (SSSR count). The Hall–Kier alpha value is -2.09. The van der Waals surface area contributed by atoms with Gasteiger partial charge in [0, 0.05) is 21.4 Å². The predicted molar refractivity (Wildman–Crippen MR) is 121 cm³/mol. The Balaban J connectivity index is 1.76. The van der Waals surface area contributed by atoms with Crippen LogP contribution in [0.5, 0.6) is 0 Å². The fourth-order valence-electron chi connectivity index (χ4n) is 2.70. The highest BCUT2D eigenvalue weighted by molar-refractivity contribution is 14.1. The van der Waals surface area contributed by atoms with Gasteiger partial charge in [-0.2, -0.15) is 5.10 Å². The van der Waals surface area contributed by atoms with Crippen molar-refractivity contribution in [2.75, 3.05) is 16.8 Å². The Labute approximate surface area is 181 Å². The van der Waals surface area contributed by atoms with Crippen LogP contribution in [0.2, 0.25) is 0 Å². The topological polar surface area (TPSA) is 117 Å². The normalized spacial score (nSPS) is 14.9. The standard InChI is InChI=1S/C17H16IN5O3S2/c1-2-23-14-8-3-10(18)9-13(14)15(16(23)24)21-22-17(27)20-11-4-6-12(7-5-11)28(19,25)26/h3-9H,2H2,1H3,(H2,19,25,26)(H2,20,22,27). The number of carbonyl (C=O) groups is 1. The number of anilines is 2. The number of amides is 1. The van der Waals surface area contributed by atoms with E-state index >= 15 is 0 Å². The van der Waals surface area contributed by atoms with E-state index in [1.54, 1.807) is 4.90 Å². The van der Waals surface area contributed by atoms with Crippen LogP contribution in [0.4, 0.5) is 11.4 Å². The fourth-order valence-corrected chi connectivity index (χ4v) is 3.87. The van der Waals surface area contributed by atoms with Crippen molar-refractivity contribution in [3.8, 4) is 0 Å². The molecular formula is C17H16IN5O3S2. The Kier molecular flexibility index (Phi) is 5.98. The molecule has 0 saturated heterocycles. The van der Waals surface area contributed by atoms with Crippen LogP contribution in [-0.4, -0.2) is 31.7 Å². The molecule has 0 radical (unpaired) electrons. The first-order valence-corrected chi connectivity index (χ1v) is 11.1. The lowest BCUT2D eigenvalue weighted by Crippen LogP contribution is -2.32. The molecule has 8 nitrogen and oxygen atoms in total. The third-order valence-corrected chi connectivity index (χ3v) is 5.77. The van der Waals surface area contributed by atoms with Crippen molar-refractivity contribution in [2.45, 2.75) is 11.8 Å². The van der Waals surface area contributed by atoms with E-state index in [2.05, 4.69) is 38.4 Å². The van der Waals surface area contributed by atoms with Gasteiger partial charge in [0.05, 0.1) is 10.6 Å². The molecule has 0 fully saturated rings. The molecule has 1 aliphatic heterocycles. The van der Waals surface area contributed by atoms with E-state index in [1.807, 2.05) is 25.1 Å². The van der Waals surface area contributed by atoms with Crippen molar-refractivity contribution in [1.82, 2.24) is 5.43 Å². The second-order valence-electron chi connectivity index (χ2n) is 5.81. The van der Waals surface area contributed by atoms with E-state index in [4.69, 9.17) is 17.4 Å². The van der Waals surface area contributed by atoms with Crippen molar-refractivity contribution >= 4 is 72.9 Å². The Morgan fingerprint density at radius 2 is 1.93 bits per heavy atom. The zero-order valence-corrected chi connectivity index (χ0v) is 18.4. The Morgan fingerprint density at radius 3 is 2.54 bits per heavy atom. The summed E-state index contributed by atoms with van der Waals surface area (Å²) in [5.74, 6) is -0.202. The van der Waals surface area contributed by atoms with Crippen molar-refractivity contribution in [2.24, 2.45) is 10.2 Å². The first-order valence-electron chi connectivity index (χ1n) is 8.10. The third kappa shape index (κ3) is 4.32. The number of sulfonamides is 1. The summed E-state index contributed by atoms with van der Waals surface area (Å²) in [6.07, 6.45) is 0. The van der Waals surface area contributed by atoms with Crippen LogP contribution in [0, 0.1) is 3.57 Å². The van der Waals surface area contributed by atoms with Gasteiger partial charge < -0.3 is 10.2 Å². The number of rotatable bonds is 4. The van der Waals surface area contributed by atoms with Gasteiger partial charge in [-0.1, -0.05) is 0 Å². The second-order valence-corrected chi connectivity index (χ2v) is 9.02. The number of primary sulfonamides is 1. The lowest BCUT2D eigenvalue weighted by Gasteiger charge is -2.13. The molecule has 2 aromatic carbocycles. The lowest BCUT2D eigenvalue weighted by molar-refractivity contribution is -0.112. The molecule has 0 saturated carbocycles. The molecule has 146 valence electrons. The van der Waals surface area contributed by atoms with Crippen LogP contribution in [0.1, 0.15) is 12.5 Å². The van der Waals surface area contributed by atoms with Gasteiger partial charge in [0.15, 0.2) is 10.8 Å². The largest absolute Gasteiger partial charge is 0.331 e. The summed E-state index contributed by atoms with van der Waals surface area (Å²) in [7, 11) is -3.76. The SMILES string of the molecule is CCN1C(=O)C(=NNC(=S)Nc2ccc(S(N)(=O)=O)cc2)c2cc(I)ccc21. The van der Waals surface area contributed by atoms with Crippen LogP contribution in [0.3, 0.4) is 0 Å². The summed E-state index contributed by atoms with van der Waals surface area (Å²) in [5, 5.41) is 12.3. The van der Waals surface area contributed by atoms with Crippen molar-refractivity contribution in [3.05, 3.63) is 51.6 Å². The molecule has 0 aliphatic carbocycles. The van der Waals surface area contributed by atoms with Crippen LogP contribution < -0.4 is 20.8 Å². The molecule has 0 unspecified atom stereocenters. The number of hydrogen-bond acceptors (Lipinski definition) is 5. The molecule has 0 bridgehead atoms. The van der Waals surface area contributed by atoms with E-state index in [0.717, 1.165) is 14.8 Å². The minimum absolute atomic E-state index is 0.000380. The molecule has 1 aliphatic rings. The number of hydrazone groups is 1. The average Bonchev–Trinajstić information content (AvgIpc) is 2.89. The summed E-state index contributed by atoms with van der Waals surface area (Å²) in [4.78, 5) is 14.3. The number of fused-ring (bicyclic) bond motifs is 1. The summed E-state index contributed by atoms with van der Waals surface area (Å²) >= 11 is 7.38. The highest BCUT2D eigenvalue weighted by Crippen LogP contribution is 2.30. The molecule has 28 heavy (non-hydrogen) atoms. The predicted octanol–water partition coefficient (Wildman–Crippen LogP) is 2.00. The number of hydrogen-bond donors (Lipinski definition) is 3. The number of halogens is 1. The smallest absolute Gasteiger partial charge is 0.279 e. The van der Waals surface area contributed by atoms with Crippen molar-refractivity contribution in [1.29, 1.82) is 0 Å². The quantitative estimate of drug-likeness (QED) is 0.317. The number of likely N-dealkylation sites (N-methyl/N-ethyl adjacent to an activating group) is 1. The maximum Gasteiger partial charge on any atom is 0.279 e. The first-order chi connectivity index (χ1) is 13.2. The van der Waals surface area contributed by atoms with Crippen molar-refractivity contribution in [3.63, 3.8) is 0 Å². The molecule has 0 spiro atoms. The maximum atomic E-state index is 12.6. The van der Waals surface area contributed by atoms with Gasteiger partial charge in [-0.05, 0) is 84.2 Å². The van der Waals surface area contributed by atoms with Gasteiger partial charge in [-0.3, -0.25) is 10.2 Å². The summed E-state index contributed by atoms with van der Waals surface area (Å²) < 4.78 is 23.6. The van der Waals surface area contributed by atoms with Crippen LogP contribution >= 0.6 is 34.8 Å². The highest BCUT2D eigenvalue weighted by atomic mass is 127. The molecular weight excluding hydrogens is 513 g/mol. The molecule has 0 aromatic heterocycles. The number of carbonyl (C=O) groups excluding carboxylic acids is 1. The minimum Gasteiger partial charge on any atom is -0.331 e. The minimum atomic E-state index is -3.76.